The molecule has 0 bridgehead atoms. The molecule has 2 rings (SSSR count). The average Bonchev–Trinajstić information content (AvgIpc) is 2.62. The molecule has 1 aromatic carbocycles. The molecular weight excluding hydrogens is 338 g/mol. The molecule has 2 aromatic rings. The Morgan fingerprint density at radius 3 is 2.35 bits per heavy atom. The SMILES string of the molecule is CCN(CC)c1nc(N)c(N=Nc2ccc([N+](=O)[O-])cc2C#N)c(N)n1. The van der Waals surface area contributed by atoms with Crippen molar-refractivity contribution in [3.05, 3.63) is 33.9 Å². The van der Waals surface area contributed by atoms with Gasteiger partial charge in [0.1, 0.15) is 11.8 Å². The van der Waals surface area contributed by atoms with Crippen molar-refractivity contribution in [1.82, 2.24) is 9.97 Å². The van der Waals surface area contributed by atoms with Crippen LogP contribution in [0.5, 0.6) is 0 Å². The van der Waals surface area contributed by atoms with E-state index in [1.165, 1.54) is 12.1 Å². The third-order valence-electron chi connectivity index (χ3n) is 3.54. The Balaban J connectivity index is 2.40. The highest BCUT2D eigenvalue weighted by molar-refractivity contribution is 5.72. The summed E-state index contributed by atoms with van der Waals surface area (Å²) >= 11 is 0. The second-order valence-electron chi connectivity index (χ2n) is 5.09. The van der Waals surface area contributed by atoms with Gasteiger partial charge >= 0.3 is 0 Å². The van der Waals surface area contributed by atoms with Crippen LogP contribution < -0.4 is 16.4 Å². The van der Waals surface area contributed by atoms with Gasteiger partial charge in [-0.2, -0.15) is 15.2 Å². The van der Waals surface area contributed by atoms with Gasteiger partial charge in [-0.3, -0.25) is 10.1 Å². The van der Waals surface area contributed by atoms with Crippen LogP contribution in [0.1, 0.15) is 19.4 Å². The Hall–Kier alpha value is -3.81. The van der Waals surface area contributed by atoms with E-state index in [4.69, 9.17) is 16.7 Å². The molecular formula is C15H17N9O2. The first-order valence-corrected chi connectivity index (χ1v) is 7.69. The van der Waals surface area contributed by atoms with Gasteiger partial charge in [-0.25, -0.2) is 0 Å². The summed E-state index contributed by atoms with van der Waals surface area (Å²) in [6, 6.07) is 5.49. The molecule has 26 heavy (non-hydrogen) atoms. The fourth-order valence-electron chi connectivity index (χ4n) is 2.15. The fourth-order valence-corrected chi connectivity index (χ4v) is 2.15. The minimum atomic E-state index is -0.600. The van der Waals surface area contributed by atoms with Crippen LogP contribution in [0.4, 0.5) is 34.6 Å². The van der Waals surface area contributed by atoms with Gasteiger partial charge in [-0.15, -0.1) is 10.2 Å². The number of anilines is 3. The van der Waals surface area contributed by atoms with Crippen molar-refractivity contribution < 1.29 is 4.92 Å². The number of hydrogen-bond acceptors (Lipinski definition) is 10. The summed E-state index contributed by atoms with van der Waals surface area (Å²) in [7, 11) is 0. The molecule has 134 valence electrons. The quantitative estimate of drug-likeness (QED) is 0.452. The Bertz CT molecular complexity index is 877. The topological polar surface area (TPSA) is 173 Å². The van der Waals surface area contributed by atoms with E-state index in [1.807, 2.05) is 24.8 Å². The second kappa shape index (κ2) is 7.84. The number of hydrogen-bond donors (Lipinski definition) is 2. The average molecular weight is 355 g/mol. The first-order valence-electron chi connectivity index (χ1n) is 7.69. The van der Waals surface area contributed by atoms with Crippen LogP contribution in [0.25, 0.3) is 0 Å². The van der Waals surface area contributed by atoms with Crippen molar-refractivity contribution in [2.24, 2.45) is 10.2 Å². The lowest BCUT2D eigenvalue weighted by Crippen LogP contribution is -2.24. The van der Waals surface area contributed by atoms with Crippen molar-refractivity contribution in [2.45, 2.75) is 13.8 Å². The number of benzene rings is 1. The zero-order valence-corrected chi connectivity index (χ0v) is 14.2. The summed E-state index contributed by atoms with van der Waals surface area (Å²) in [5.41, 5.74) is 11.8. The van der Waals surface area contributed by atoms with Crippen LogP contribution in [0.2, 0.25) is 0 Å². The summed E-state index contributed by atoms with van der Waals surface area (Å²) in [6.45, 7) is 5.27. The van der Waals surface area contributed by atoms with E-state index >= 15 is 0 Å². The number of aromatic nitrogens is 2. The molecule has 0 saturated carbocycles. The van der Waals surface area contributed by atoms with E-state index in [0.717, 1.165) is 6.07 Å². The van der Waals surface area contributed by atoms with Gasteiger partial charge in [0.25, 0.3) is 5.69 Å². The number of nitro benzene ring substituents is 1. The van der Waals surface area contributed by atoms with Gasteiger partial charge in [-0.05, 0) is 19.9 Å². The zero-order valence-electron chi connectivity index (χ0n) is 14.2. The van der Waals surface area contributed by atoms with Crippen molar-refractivity contribution in [3.63, 3.8) is 0 Å². The molecule has 0 atom stereocenters. The lowest BCUT2D eigenvalue weighted by atomic mass is 10.2. The molecule has 0 spiro atoms. The van der Waals surface area contributed by atoms with Crippen LogP contribution in [-0.2, 0) is 0 Å². The highest BCUT2D eigenvalue weighted by Crippen LogP contribution is 2.31. The van der Waals surface area contributed by atoms with E-state index in [-0.39, 0.29) is 34.3 Å². The number of non-ortho nitro benzene ring substituents is 1. The first kappa shape index (κ1) is 18.5. The molecule has 0 unspecified atom stereocenters. The molecule has 11 heteroatoms. The molecule has 0 saturated heterocycles. The Morgan fingerprint density at radius 1 is 1.23 bits per heavy atom. The maximum absolute atomic E-state index is 10.8. The van der Waals surface area contributed by atoms with Gasteiger partial charge in [0.05, 0.1) is 10.5 Å². The number of nitriles is 1. The molecule has 1 heterocycles. The maximum atomic E-state index is 10.8. The summed E-state index contributed by atoms with van der Waals surface area (Å²) in [6.07, 6.45) is 0. The minimum absolute atomic E-state index is 0.000715. The number of nitrogen functional groups attached to an aromatic ring is 2. The minimum Gasteiger partial charge on any atom is -0.382 e. The first-order chi connectivity index (χ1) is 12.4. The van der Waals surface area contributed by atoms with Crippen LogP contribution in [0.3, 0.4) is 0 Å². The van der Waals surface area contributed by atoms with Crippen LogP contribution >= 0.6 is 0 Å². The van der Waals surface area contributed by atoms with Gasteiger partial charge in [0.2, 0.25) is 5.95 Å². The van der Waals surface area contributed by atoms with Crippen LogP contribution in [0.15, 0.2) is 28.4 Å². The van der Waals surface area contributed by atoms with Crippen molar-refractivity contribution >= 4 is 34.6 Å². The third-order valence-corrected chi connectivity index (χ3v) is 3.54. The number of azo groups is 1. The van der Waals surface area contributed by atoms with E-state index < -0.39 is 4.92 Å². The monoisotopic (exact) mass is 355 g/mol. The standard InChI is InChI=1S/C15H17N9O2/c1-3-23(4-2)15-19-13(17)12(14(18)20-15)22-21-11-6-5-10(24(25)26)7-9(11)8-16/h5-7H,3-4H2,1-2H3,(H4,17,18,19,20). The molecule has 0 aliphatic heterocycles. The highest BCUT2D eigenvalue weighted by Gasteiger charge is 2.14. The van der Waals surface area contributed by atoms with Crippen LogP contribution in [-0.4, -0.2) is 28.0 Å². The predicted octanol–water partition coefficient (Wildman–Crippen LogP) is 2.68. The predicted molar refractivity (Wildman–Crippen MR) is 96.4 cm³/mol. The summed E-state index contributed by atoms with van der Waals surface area (Å²) in [4.78, 5) is 20.4. The number of rotatable bonds is 6. The van der Waals surface area contributed by atoms with Gasteiger partial charge in [-0.1, -0.05) is 0 Å². The molecule has 1 aromatic heterocycles. The summed E-state index contributed by atoms with van der Waals surface area (Å²) < 4.78 is 0. The van der Waals surface area contributed by atoms with E-state index in [1.54, 1.807) is 0 Å². The van der Waals surface area contributed by atoms with Crippen molar-refractivity contribution in [2.75, 3.05) is 29.5 Å². The van der Waals surface area contributed by atoms with Gasteiger partial charge in [0.15, 0.2) is 17.3 Å². The molecule has 0 fully saturated rings. The van der Waals surface area contributed by atoms with Gasteiger partial charge in [0, 0.05) is 25.2 Å². The fraction of sp³-hybridized carbons (Fsp3) is 0.267. The lowest BCUT2D eigenvalue weighted by molar-refractivity contribution is -0.384. The van der Waals surface area contributed by atoms with Gasteiger partial charge < -0.3 is 16.4 Å². The Morgan fingerprint density at radius 2 is 1.85 bits per heavy atom. The molecule has 0 radical (unpaired) electrons. The normalized spacial score (nSPS) is 10.7. The van der Waals surface area contributed by atoms with Crippen LogP contribution in [0, 0.1) is 21.4 Å². The maximum Gasteiger partial charge on any atom is 0.270 e. The lowest BCUT2D eigenvalue weighted by Gasteiger charge is -2.19. The van der Waals surface area contributed by atoms with Crippen molar-refractivity contribution in [3.8, 4) is 6.07 Å². The van der Waals surface area contributed by atoms with E-state index in [2.05, 4.69) is 20.2 Å². The van der Waals surface area contributed by atoms with E-state index in [9.17, 15) is 10.1 Å². The third kappa shape index (κ3) is 3.81. The van der Waals surface area contributed by atoms with E-state index in [0.29, 0.717) is 19.0 Å². The molecule has 0 aliphatic rings. The number of nitrogens with two attached hydrogens (primary N) is 2. The molecule has 11 nitrogen and oxygen atoms in total. The highest BCUT2D eigenvalue weighted by atomic mass is 16.6. The zero-order chi connectivity index (χ0) is 19.3. The Labute approximate surface area is 149 Å². The molecule has 0 aliphatic carbocycles. The number of nitrogens with zero attached hydrogens (tertiary/aromatic N) is 7. The summed E-state index contributed by atoms with van der Waals surface area (Å²) in [5, 5.41) is 27.7. The smallest absolute Gasteiger partial charge is 0.270 e. The van der Waals surface area contributed by atoms with Crippen molar-refractivity contribution in [1.29, 1.82) is 5.26 Å². The number of nitro groups is 1. The Kier molecular flexibility index (Phi) is 5.59. The summed E-state index contributed by atoms with van der Waals surface area (Å²) in [5.74, 6) is 0.476. The molecule has 0 amide bonds. The molecule has 4 N–H and O–H groups in total. The largest absolute Gasteiger partial charge is 0.382 e. The second-order valence-corrected chi connectivity index (χ2v) is 5.09.